The quantitative estimate of drug-likeness (QED) is 0.0324. The zero-order chi connectivity index (χ0) is 50.4. The number of fused-ring (bicyclic) bond motifs is 3. The molecule has 9 rings (SSSR count). The maximum Gasteiger partial charge on any atom is 0.410 e. The number of carbonyl (C=O) groups is 1. The number of aryl methyl sites for hydroxylation is 1. The molecule has 1 saturated carbocycles. The Kier molecular flexibility index (Phi) is 17.4. The van der Waals surface area contributed by atoms with Crippen molar-refractivity contribution in [1.29, 1.82) is 0 Å². The van der Waals surface area contributed by atoms with E-state index >= 15 is 4.79 Å². The van der Waals surface area contributed by atoms with Crippen molar-refractivity contribution < 1.29 is 53.0 Å². The van der Waals surface area contributed by atoms with E-state index in [4.69, 9.17) is 43.2 Å². The molecule has 14 heteroatoms. The number of carbonyl (C=O) groups excluding carboxylic acids is 1. The van der Waals surface area contributed by atoms with Crippen LogP contribution in [0.1, 0.15) is 84.5 Å². The maximum absolute atomic E-state index is 15.2. The minimum absolute atomic E-state index is 0.00306. The number of allylic oxidation sites excluding steroid dienone is 1. The molecule has 384 valence electrons. The first-order valence-corrected chi connectivity index (χ1v) is 25.6. The molecule has 0 bridgehead atoms. The molecule has 1 aromatic heterocycles. The number of benzene rings is 4. The average Bonchev–Trinajstić information content (AvgIpc) is 3.90. The van der Waals surface area contributed by atoms with E-state index in [2.05, 4.69) is 23.7 Å². The fraction of sp³-hybridized carbons (Fsp3) is 0.407. The van der Waals surface area contributed by atoms with Gasteiger partial charge in [-0.15, -0.1) is 6.58 Å². The van der Waals surface area contributed by atoms with Crippen molar-refractivity contribution in [3.05, 3.63) is 173 Å². The zero-order valence-corrected chi connectivity index (χ0v) is 41.6. The molecule has 0 radical (unpaired) electrons. The fourth-order valence-electron chi connectivity index (χ4n) is 10.9. The second kappa shape index (κ2) is 24.8. The third kappa shape index (κ3) is 12.2. The lowest BCUT2D eigenvalue weighted by atomic mass is 9.55. The van der Waals surface area contributed by atoms with E-state index in [1.165, 1.54) is 0 Å². The predicted octanol–water partition coefficient (Wildman–Crippen LogP) is 10.4. The number of rotatable bonds is 25. The number of nitrogens with zero attached hydrogens (tertiary/aromatic N) is 3. The lowest BCUT2D eigenvalue weighted by molar-refractivity contribution is -0.256. The van der Waals surface area contributed by atoms with Crippen LogP contribution in [0.5, 0.6) is 23.0 Å². The predicted molar refractivity (Wildman–Crippen MR) is 275 cm³/mol. The van der Waals surface area contributed by atoms with Crippen LogP contribution >= 0.6 is 0 Å². The molecule has 2 aliphatic carbocycles. The molecule has 6 unspecified atom stereocenters. The van der Waals surface area contributed by atoms with E-state index in [9.17, 15) is 10.2 Å². The lowest BCUT2D eigenvalue weighted by Gasteiger charge is -2.59. The van der Waals surface area contributed by atoms with Crippen molar-refractivity contribution in [2.75, 3.05) is 39.8 Å². The summed E-state index contributed by atoms with van der Waals surface area (Å²) in [6.07, 6.45) is 8.06. The number of amides is 1. The van der Waals surface area contributed by atoms with E-state index < -0.39 is 23.8 Å². The van der Waals surface area contributed by atoms with Gasteiger partial charge in [0.15, 0.2) is 11.5 Å². The summed E-state index contributed by atoms with van der Waals surface area (Å²) in [6.45, 7) is 7.50. The second-order valence-corrected chi connectivity index (χ2v) is 19.1. The number of aliphatic hydroxyl groups is 2. The first-order chi connectivity index (χ1) is 35.9. The molecule has 0 saturated heterocycles. The molecule has 1 amide bonds. The van der Waals surface area contributed by atoms with Crippen LogP contribution < -0.4 is 18.9 Å². The van der Waals surface area contributed by atoms with Crippen LogP contribution in [0.3, 0.4) is 0 Å². The van der Waals surface area contributed by atoms with Gasteiger partial charge in [0.25, 0.3) is 0 Å². The highest BCUT2D eigenvalue weighted by molar-refractivity contribution is 6.03. The summed E-state index contributed by atoms with van der Waals surface area (Å²) in [5.74, 6) is 0.127. The molecule has 14 nitrogen and oxygen atoms in total. The van der Waals surface area contributed by atoms with Crippen LogP contribution in [0.2, 0.25) is 0 Å². The Hall–Kier alpha value is -6.71. The topological polar surface area (TPSA) is 160 Å². The Morgan fingerprint density at radius 1 is 0.822 bits per heavy atom. The smallest absolute Gasteiger partial charge is 0.410 e. The number of aliphatic hydroxyl groups excluding tert-OH is 2. The van der Waals surface area contributed by atoms with Crippen molar-refractivity contribution in [1.82, 2.24) is 9.88 Å². The van der Waals surface area contributed by atoms with Gasteiger partial charge in [0.2, 0.25) is 12.6 Å². The van der Waals surface area contributed by atoms with E-state index in [0.29, 0.717) is 48.2 Å². The summed E-state index contributed by atoms with van der Waals surface area (Å²) < 4.78 is 45.0. The highest BCUT2D eigenvalue weighted by atomic mass is 16.7. The molecule has 3 heterocycles. The molecular formula is C59H67N3O11. The summed E-state index contributed by atoms with van der Waals surface area (Å²) in [4.78, 5) is 27.9. The summed E-state index contributed by atoms with van der Waals surface area (Å²) in [6, 6.07) is 36.4. The highest BCUT2D eigenvalue weighted by Crippen LogP contribution is 2.62. The van der Waals surface area contributed by atoms with Gasteiger partial charge in [0, 0.05) is 43.4 Å². The number of hydrogen-bond donors (Lipinski definition) is 2. The lowest BCUT2D eigenvalue weighted by Crippen LogP contribution is -2.70. The second-order valence-electron chi connectivity index (χ2n) is 19.1. The monoisotopic (exact) mass is 993 g/mol. The van der Waals surface area contributed by atoms with Crippen LogP contribution in [-0.2, 0) is 45.4 Å². The summed E-state index contributed by atoms with van der Waals surface area (Å²) in [5.41, 5.74) is 6.96. The van der Waals surface area contributed by atoms with Crippen molar-refractivity contribution in [3.8, 4) is 23.0 Å². The largest absolute Gasteiger partial charge is 0.487 e. The first kappa shape index (κ1) is 51.2. The van der Waals surface area contributed by atoms with Gasteiger partial charge < -0.3 is 48.2 Å². The fourth-order valence-corrected chi connectivity index (χ4v) is 10.9. The van der Waals surface area contributed by atoms with E-state index in [0.717, 1.165) is 64.9 Å². The summed E-state index contributed by atoms with van der Waals surface area (Å²) in [7, 11) is 0. The molecule has 6 atom stereocenters. The van der Waals surface area contributed by atoms with Gasteiger partial charge in [-0.3, -0.25) is 9.88 Å². The van der Waals surface area contributed by atoms with E-state index in [1.54, 1.807) is 11.0 Å². The van der Waals surface area contributed by atoms with Gasteiger partial charge in [0.1, 0.15) is 37.4 Å². The summed E-state index contributed by atoms with van der Waals surface area (Å²) >= 11 is 0. The third-order valence-electron chi connectivity index (χ3n) is 14.2. The van der Waals surface area contributed by atoms with E-state index in [-0.39, 0.29) is 83.8 Å². The molecule has 73 heavy (non-hydrogen) atoms. The maximum atomic E-state index is 15.2. The van der Waals surface area contributed by atoms with Gasteiger partial charge in [-0.2, -0.15) is 0 Å². The Labute approximate surface area is 428 Å². The molecule has 0 spiro atoms. The van der Waals surface area contributed by atoms with Gasteiger partial charge in [0.05, 0.1) is 37.1 Å². The molecule has 2 aliphatic heterocycles. The number of unbranched alkanes of at least 4 members (excludes halogenated alkanes) is 2. The molecular weight excluding hydrogens is 927 g/mol. The normalized spacial score (nSPS) is 21.8. The number of pyridine rings is 1. The third-order valence-corrected chi connectivity index (χ3v) is 14.2. The van der Waals surface area contributed by atoms with Crippen molar-refractivity contribution >= 4 is 11.8 Å². The molecule has 4 aromatic carbocycles. The number of ether oxygens (including phenoxy) is 7. The van der Waals surface area contributed by atoms with E-state index in [1.807, 2.05) is 116 Å². The first-order valence-electron chi connectivity index (χ1n) is 25.6. The summed E-state index contributed by atoms with van der Waals surface area (Å²) in [5, 5.41) is 25.2. The molecule has 5 aromatic rings. The number of aromatic nitrogens is 1. The number of oxime groups is 1. The SMILES string of the molecule is C=CCOC12Oc3ccc(OCc4cccc(C)n4)cc3C3C(CCCCO)C(CCCCO)C=C(C(=NOCc4ccccc4)CC1N(Cc1ccc4c(c1)OCO4)C(=O)OCCOCc1ccccc1)C32. The Bertz CT molecular complexity index is 2680. The van der Waals surface area contributed by atoms with Crippen LogP contribution in [0.25, 0.3) is 0 Å². The van der Waals surface area contributed by atoms with Crippen molar-refractivity contribution in [3.63, 3.8) is 0 Å². The molecule has 2 N–H and O–H groups in total. The van der Waals surface area contributed by atoms with Gasteiger partial charge in [-0.1, -0.05) is 103 Å². The van der Waals surface area contributed by atoms with Gasteiger partial charge in [-0.25, -0.2) is 4.79 Å². The van der Waals surface area contributed by atoms with Crippen LogP contribution in [0, 0.1) is 24.7 Å². The average molecular weight is 994 g/mol. The molecule has 1 fully saturated rings. The zero-order valence-electron chi connectivity index (χ0n) is 41.6. The minimum Gasteiger partial charge on any atom is -0.487 e. The Balaban J connectivity index is 1.18. The highest BCUT2D eigenvalue weighted by Gasteiger charge is 2.65. The molecule has 4 aliphatic rings. The van der Waals surface area contributed by atoms with Crippen LogP contribution in [-0.4, -0.2) is 83.6 Å². The minimum atomic E-state index is -1.53. The standard InChI is InChI=1S/C59H67N3O11/c1-3-29-71-59-55(62(36-44-23-25-53-54(32-44)70-40-69-53)58(65)67-31-30-66-37-42-16-6-4-7-17-42)35-51(61-72-38-43-18-8-5-9-19-43)49-33-45(20-10-12-27-63)48(22-11-13-28-64)56(57(49)59)50-34-47(24-26-52(50)73-59)68-39-46-21-14-15-41(2)60-46/h3-9,14-19,21,23-26,32-34,45,48,55-57,63-64H,1,10-13,20,22,27-31,35-40H2,2H3. The van der Waals surface area contributed by atoms with Crippen molar-refractivity contribution in [2.45, 2.75) is 96.0 Å². The van der Waals surface area contributed by atoms with Gasteiger partial charge in [-0.05, 0) is 109 Å². The van der Waals surface area contributed by atoms with Crippen molar-refractivity contribution in [2.24, 2.45) is 22.9 Å². The Morgan fingerprint density at radius 3 is 2.34 bits per heavy atom. The van der Waals surface area contributed by atoms with Crippen LogP contribution in [0.4, 0.5) is 4.79 Å². The van der Waals surface area contributed by atoms with Crippen LogP contribution in [0.15, 0.2) is 145 Å². The Morgan fingerprint density at radius 2 is 1.58 bits per heavy atom. The number of hydrogen-bond acceptors (Lipinski definition) is 13. The van der Waals surface area contributed by atoms with Gasteiger partial charge >= 0.3 is 6.09 Å².